The standard InChI is InChI=1S/C21H24N4O2S2/c1-12-6-8-16(9-7-12)24-17(26)10-25(5)18(27)11-28-20-19-13(2)14(3)29-21(19)23-15(4)22-20/h6-9H,10-11H2,1-5H3,(H,24,26). The lowest BCUT2D eigenvalue weighted by Gasteiger charge is -2.17. The van der Waals surface area contributed by atoms with Crippen molar-refractivity contribution in [2.75, 3.05) is 24.7 Å². The first kappa shape index (κ1) is 21.3. The fraction of sp³-hybridized carbons (Fsp3) is 0.333. The molecule has 0 unspecified atom stereocenters. The maximum Gasteiger partial charge on any atom is 0.243 e. The van der Waals surface area contributed by atoms with Crippen molar-refractivity contribution in [2.24, 2.45) is 0 Å². The summed E-state index contributed by atoms with van der Waals surface area (Å²) >= 11 is 3.04. The number of amides is 2. The molecule has 2 amide bonds. The Bertz CT molecular complexity index is 1060. The van der Waals surface area contributed by atoms with E-state index in [1.165, 1.54) is 21.5 Å². The zero-order valence-electron chi connectivity index (χ0n) is 17.2. The number of benzene rings is 1. The van der Waals surface area contributed by atoms with E-state index >= 15 is 0 Å². The third kappa shape index (κ3) is 5.13. The molecule has 0 fully saturated rings. The largest absolute Gasteiger partial charge is 0.336 e. The molecule has 2 aromatic heterocycles. The molecule has 8 heteroatoms. The number of nitrogens with zero attached hydrogens (tertiary/aromatic N) is 3. The molecule has 2 heterocycles. The lowest BCUT2D eigenvalue weighted by atomic mass is 10.2. The van der Waals surface area contributed by atoms with E-state index in [0.717, 1.165) is 32.1 Å². The molecule has 0 bridgehead atoms. The first-order valence-corrected chi connectivity index (χ1v) is 11.0. The number of carbonyl (C=O) groups is 2. The van der Waals surface area contributed by atoms with E-state index < -0.39 is 0 Å². The number of rotatable bonds is 6. The molecule has 152 valence electrons. The second kappa shape index (κ2) is 8.92. The Morgan fingerprint density at radius 3 is 2.48 bits per heavy atom. The van der Waals surface area contributed by atoms with Crippen molar-refractivity contribution >= 4 is 50.8 Å². The van der Waals surface area contributed by atoms with Crippen LogP contribution in [-0.2, 0) is 9.59 Å². The van der Waals surface area contributed by atoms with Gasteiger partial charge in [-0.1, -0.05) is 29.5 Å². The summed E-state index contributed by atoms with van der Waals surface area (Å²) in [5.41, 5.74) is 3.00. The zero-order valence-corrected chi connectivity index (χ0v) is 18.8. The summed E-state index contributed by atoms with van der Waals surface area (Å²) in [6.07, 6.45) is 0. The number of hydrogen-bond acceptors (Lipinski definition) is 6. The predicted octanol–water partition coefficient (Wildman–Crippen LogP) is 4.11. The van der Waals surface area contributed by atoms with Crippen LogP contribution in [0.25, 0.3) is 10.2 Å². The SMILES string of the molecule is Cc1ccc(NC(=O)CN(C)C(=O)CSc2nc(C)nc3sc(C)c(C)c23)cc1. The van der Waals surface area contributed by atoms with Gasteiger partial charge < -0.3 is 10.2 Å². The van der Waals surface area contributed by atoms with Crippen molar-refractivity contribution in [1.82, 2.24) is 14.9 Å². The minimum Gasteiger partial charge on any atom is -0.336 e. The van der Waals surface area contributed by atoms with Crippen LogP contribution >= 0.6 is 23.1 Å². The van der Waals surface area contributed by atoms with Gasteiger partial charge in [-0.15, -0.1) is 11.3 Å². The van der Waals surface area contributed by atoms with Gasteiger partial charge in [-0.2, -0.15) is 0 Å². The zero-order chi connectivity index (χ0) is 21.1. The lowest BCUT2D eigenvalue weighted by molar-refractivity contribution is -0.131. The highest BCUT2D eigenvalue weighted by atomic mass is 32.2. The average Bonchev–Trinajstić information content (AvgIpc) is 2.94. The van der Waals surface area contributed by atoms with Crippen molar-refractivity contribution in [3.8, 4) is 0 Å². The predicted molar refractivity (Wildman–Crippen MR) is 120 cm³/mol. The normalized spacial score (nSPS) is 10.9. The molecule has 29 heavy (non-hydrogen) atoms. The number of hydrogen-bond donors (Lipinski definition) is 1. The van der Waals surface area contributed by atoms with E-state index in [2.05, 4.69) is 29.1 Å². The summed E-state index contributed by atoms with van der Waals surface area (Å²) in [5, 5.41) is 4.66. The summed E-state index contributed by atoms with van der Waals surface area (Å²) in [4.78, 5) is 37.4. The number of nitrogens with one attached hydrogen (secondary N) is 1. The first-order chi connectivity index (χ1) is 13.7. The van der Waals surface area contributed by atoms with Gasteiger partial charge in [-0.3, -0.25) is 9.59 Å². The third-order valence-corrected chi connectivity index (χ3v) is 6.64. The molecule has 0 saturated carbocycles. The van der Waals surface area contributed by atoms with Crippen LogP contribution in [0.4, 0.5) is 5.69 Å². The molecule has 0 aliphatic carbocycles. The van der Waals surface area contributed by atoms with Crippen molar-refractivity contribution in [2.45, 2.75) is 32.7 Å². The number of fused-ring (bicyclic) bond motifs is 1. The number of thiophene rings is 1. The number of carbonyl (C=O) groups excluding carboxylic acids is 2. The van der Waals surface area contributed by atoms with Gasteiger partial charge in [0, 0.05) is 23.0 Å². The smallest absolute Gasteiger partial charge is 0.243 e. The third-order valence-electron chi connectivity index (χ3n) is 4.58. The average molecular weight is 429 g/mol. The number of likely N-dealkylation sites (N-methyl/N-ethyl adjacent to an activating group) is 1. The summed E-state index contributed by atoms with van der Waals surface area (Å²) in [7, 11) is 1.64. The van der Waals surface area contributed by atoms with Crippen LogP contribution in [0.2, 0.25) is 0 Å². The Kier molecular flexibility index (Phi) is 6.54. The molecular formula is C21H24N4O2S2. The fourth-order valence-corrected chi connectivity index (χ4v) is 5.01. The molecule has 0 aliphatic heterocycles. The fourth-order valence-electron chi connectivity index (χ4n) is 2.80. The van der Waals surface area contributed by atoms with Crippen LogP contribution in [0.3, 0.4) is 0 Å². The quantitative estimate of drug-likeness (QED) is 0.472. The highest BCUT2D eigenvalue weighted by Crippen LogP contribution is 2.35. The minimum absolute atomic E-state index is 0.00205. The van der Waals surface area contributed by atoms with E-state index in [9.17, 15) is 9.59 Å². The van der Waals surface area contributed by atoms with Gasteiger partial charge >= 0.3 is 0 Å². The molecule has 0 spiro atoms. The highest BCUT2D eigenvalue weighted by Gasteiger charge is 2.17. The second-order valence-electron chi connectivity index (χ2n) is 6.99. The molecule has 6 nitrogen and oxygen atoms in total. The van der Waals surface area contributed by atoms with E-state index in [1.807, 2.05) is 38.1 Å². The van der Waals surface area contributed by atoms with Crippen molar-refractivity contribution in [1.29, 1.82) is 0 Å². The highest BCUT2D eigenvalue weighted by molar-refractivity contribution is 8.00. The van der Waals surface area contributed by atoms with Gasteiger partial charge in [0.1, 0.15) is 15.7 Å². The maximum atomic E-state index is 12.5. The number of thioether (sulfide) groups is 1. The summed E-state index contributed by atoms with van der Waals surface area (Å²) in [5.74, 6) is 0.565. The van der Waals surface area contributed by atoms with E-state index in [1.54, 1.807) is 18.4 Å². The van der Waals surface area contributed by atoms with Gasteiger partial charge in [0.25, 0.3) is 0 Å². The van der Waals surface area contributed by atoms with Gasteiger partial charge in [0.2, 0.25) is 11.8 Å². The van der Waals surface area contributed by atoms with Gasteiger partial charge in [0.15, 0.2) is 0 Å². The van der Waals surface area contributed by atoms with E-state index in [0.29, 0.717) is 5.82 Å². The van der Waals surface area contributed by atoms with Crippen LogP contribution in [0, 0.1) is 27.7 Å². The maximum absolute atomic E-state index is 12.5. The van der Waals surface area contributed by atoms with Crippen molar-refractivity contribution in [3.63, 3.8) is 0 Å². The molecule has 3 rings (SSSR count). The molecule has 0 saturated heterocycles. The Morgan fingerprint density at radius 2 is 1.79 bits per heavy atom. The molecule has 0 radical (unpaired) electrons. The van der Waals surface area contributed by atoms with Crippen LogP contribution in [0.1, 0.15) is 21.8 Å². The van der Waals surface area contributed by atoms with Crippen LogP contribution in [-0.4, -0.2) is 46.0 Å². The Morgan fingerprint density at radius 1 is 1.10 bits per heavy atom. The van der Waals surface area contributed by atoms with Crippen LogP contribution in [0.5, 0.6) is 0 Å². The van der Waals surface area contributed by atoms with Gasteiger partial charge in [-0.25, -0.2) is 9.97 Å². The van der Waals surface area contributed by atoms with E-state index in [4.69, 9.17) is 0 Å². The summed E-state index contributed by atoms with van der Waals surface area (Å²) < 4.78 is 0. The van der Waals surface area contributed by atoms with Crippen molar-refractivity contribution < 1.29 is 9.59 Å². The van der Waals surface area contributed by atoms with Gasteiger partial charge in [0.05, 0.1) is 12.3 Å². The summed E-state index contributed by atoms with van der Waals surface area (Å²) in [6.45, 7) is 7.97. The summed E-state index contributed by atoms with van der Waals surface area (Å²) in [6, 6.07) is 7.55. The van der Waals surface area contributed by atoms with Crippen molar-refractivity contribution in [3.05, 3.63) is 46.1 Å². The Labute approximate surface area is 178 Å². The van der Waals surface area contributed by atoms with E-state index in [-0.39, 0.29) is 24.1 Å². The molecule has 1 aromatic carbocycles. The lowest BCUT2D eigenvalue weighted by Crippen LogP contribution is -2.35. The Balaban J connectivity index is 1.61. The second-order valence-corrected chi connectivity index (χ2v) is 9.16. The number of aryl methyl sites for hydroxylation is 4. The molecule has 3 aromatic rings. The molecular weight excluding hydrogens is 404 g/mol. The molecule has 1 N–H and O–H groups in total. The Hall–Kier alpha value is -2.45. The number of aromatic nitrogens is 2. The first-order valence-electron chi connectivity index (χ1n) is 9.22. The monoisotopic (exact) mass is 428 g/mol. The van der Waals surface area contributed by atoms with Gasteiger partial charge in [-0.05, 0) is 45.4 Å². The van der Waals surface area contributed by atoms with Crippen LogP contribution < -0.4 is 5.32 Å². The number of anilines is 1. The van der Waals surface area contributed by atoms with Crippen LogP contribution in [0.15, 0.2) is 29.3 Å². The topological polar surface area (TPSA) is 75.2 Å². The molecule has 0 atom stereocenters. The minimum atomic E-state index is -0.223. The molecule has 0 aliphatic rings.